The van der Waals surface area contributed by atoms with Gasteiger partial charge in [-0.3, -0.25) is 9.89 Å². The number of hydrogen-bond donors (Lipinski definition) is 3. The van der Waals surface area contributed by atoms with Crippen molar-refractivity contribution in [3.63, 3.8) is 0 Å². The zero-order chi connectivity index (χ0) is 8.27. The van der Waals surface area contributed by atoms with Crippen molar-refractivity contribution in [3.05, 3.63) is 11.8 Å². The number of primary amides is 1. The highest BCUT2D eigenvalue weighted by Crippen LogP contribution is 2.08. The maximum atomic E-state index is 10.7. The van der Waals surface area contributed by atoms with E-state index in [1.807, 2.05) is 6.92 Å². The summed E-state index contributed by atoms with van der Waals surface area (Å²) >= 11 is 0. The Labute approximate surface area is 64.0 Å². The minimum atomic E-state index is -0.477. The normalized spacial score (nSPS) is 9.55. The number of carbonyl (C=O) groups excluding carboxylic acids is 1. The predicted octanol–water partition coefficient (Wildman–Crippen LogP) is -0.0596. The van der Waals surface area contributed by atoms with E-state index in [0.717, 1.165) is 6.54 Å². The molecular formula is C6H10N4O. The fourth-order valence-electron chi connectivity index (χ4n) is 0.785. The molecule has 4 N–H and O–H groups in total. The minimum Gasteiger partial charge on any atom is -0.370 e. The van der Waals surface area contributed by atoms with Crippen LogP contribution < -0.4 is 11.1 Å². The first-order valence-electron chi connectivity index (χ1n) is 3.32. The third-order valence-corrected chi connectivity index (χ3v) is 1.26. The molecule has 0 saturated carbocycles. The van der Waals surface area contributed by atoms with Gasteiger partial charge in [0.1, 0.15) is 11.4 Å². The van der Waals surface area contributed by atoms with Gasteiger partial charge in [0, 0.05) is 6.54 Å². The Hall–Kier alpha value is -1.52. The van der Waals surface area contributed by atoms with E-state index in [9.17, 15) is 4.79 Å². The van der Waals surface area contributed by atoms with Crippen LogP contribution >= 0.6 is 0 Å². The highest BCUT2D eigenvalue weighted by Gasteiger charge is 2.08. The predicted molar refractivity (Wildman–Crippen MR) is 41.3 cm³/mol. The molecule has 1 rings (SSSR count). The molecule has 5 nitrogen and oxygen atoms in total. The molecule has 60 valence electrons. The molecule has 1 aromatic rings. The van der Waals surface area contributed by atoms with Gasteiger partial charge in [-0.2, -0.15) is 5.10 Å². The molecule has 0 unspecified atom stereocenters. The summed E-state index contributed by atoms with van der Waals surface area (Å²) in [5.74, 6) is 0.106. The molecular weight excluding hydrogens is 144 g/mol. The zero-order valence-corrected chi connectivity index (χ0v) is 6.22. The van der Waals surface area contributed by atoms with Crippen molar-refractivity contribution in [1.29, 1.82) is 0 Å². The third-order valence-electron chi connectivity index (χ3n) is 1.26. The van der Waals surface area contributed by atoms with Crippen molar-refractivity contribution < 1.29 is 4.79 Å². The lowest BCUT2D eigenvalue weighted by molar-refractivity contribution is 0.100. The number of amides is 1. The van der Waals surface area contributed by atoms with Crippen LogP contribution in [0.5, 0.6) is 0 Å². The fourth-order valence-corrected chi connectivity index (χ4v) is 0.785. The van der Waals surface area contributed by atoms with Crippen LogP contribution in [0.3, 0.4) is 0 Å². The van der Waals surface area contributed by atoms with Gasteiger partial charge in [0.05, 0.1) is 6.20 Å². The lowest BCUT2D eigenvalue weighted by Crippen LogP contribution is -2.12. The second-order valence-electron chi connectivity index (χ2n) is 2.05. The summed E-state index contributed by atoms with van der Waals surface area (Å²) in [4.78, 5) is 10.7. The summed E-state index contributed by atoms with van der Waals surface area (Å²) in [6, 6.07) is 0. The Morgan fingerprint density at radius 3 is 3.18 bits per heavy atom. The van der Waals surface area contributed by atoms with E-state index in [4.69, 9.17) is 5.73 Å². The van der Waals surface area contributed by atoms with E-state index in [-0.39, 0.29) is 0 Å². The molecule has 1 amide bonds. The average molecular weight is 154 g/mol. The van der Waals surface area contributed by atoms with Crippen LogP contribution in [0.4, 0.5) is 5.82 Å². The standard InChI is InChI=1S/C6H10N4O/c1-2-8-6-4(5(7)11)3-9-10-6/h3H,2H2,1H3,(H2,7,11)(H2,8,9,10). The van der Waals surface area contributed by atoms with Gasteiger partial charge >= 0.3 is 0 Å². The number of aromatic nitrogens is 2. The fraction of sp³-hybridized carbons (Fsp3) is 0.333. The Morgan fingerprint density at radius 2 is 2.64 bits per heavy atom. The van der Waals surface area contributed by atoms with Crippen LogP contribution in [0.2, 0.25) is 0 Å². The van der Waals surface area contributed by atoms with E-state index < -0.39 is 5.91 Å². The molecule has 0 aromatic carbocycles. The van der Waals surface area contributed by atoms with Crippen molar-refractivity contribution in [3.8, 4) is 0 Å². The summed E-state index contributed by atoms with van der Waals surface area (Å²) in [6.45, 7) is 2.65. The minimum absolute atomic E-state index is 0.395. The molecule has 0 atom stereocenters. The summed E-state index contributed by atoms with van der Waals surface area (Å²) in [5, 5.41) is 9.22. The number of rotatable bonds is 3. The lowest BCUT2D eigenvalue weighted by atomic mass is 10.3. The topological polar surface area (TPSA) is 83.8 Å². The molecule has 0 aliphatic rings. The third kappa shape index (κ3) is 1.49. The monoisotopic (exact) mass is 154 g/mol. The van der Waals surface area contributed by atoms with Crippen molar-refractivity contribution in [2.24, 2.45) is 5.73 Å². The van der Waals surface area contributed by atoms with Gasteiger partial charge in [-0.05, 0) is 6.92 Å². The van der Waals surface area contributed by atoms with Gasteiger partial charge in [-0.15, -0.1) is 0 Å². The number of nitrogens with one attached hydrogen (secondary N) is 2. The van der Waals surface area contributed by atoms with Gasteiger partial charge in [-0.1, -0.05) is 0 Å². The number of aromatic amines is 1. The largest absolute Gasteiger partial charge is 0.370 e. The Kier molecular flexibility index (Phi) is 2.10. The van der Waals surface area contributed by atoms with Crippen LogP contribution in [-0.4, -0.2) is 22.6 Å². The van der Waals surface area contributed by atoms with Crippen molar-refractivity contribution in [1.82, 2.24) is 10.2 Å². The molecule has 1 aromatic heterocycles. The van der Waals surface area contributed by atoms with Crippen molar-refractivity contribution >= 4 is 11.7 Å². The van der Waals surface area contributed by atoms with Crippen LogP contribution in [0.1, 0.15) is 17.3 Å². The van der Waals surface area contributed by atoms with Crippen LogP contribution in [0.25, 0.3) is 0 Å². The van der Waals surface area contributed by atoms with Crippen molar-refractivity contribution in [2.75, 3.05) is 11.9 Å². The number of anilines is 1. The zero-order valence-electron chi connectivity index (χ0n) is 6.22. The molecule has 0 radical (unpaired) electrons. The molecule has 0 bridgehead atoms. The SMILES string of the molecule is CCNc1[nH]ncc1C(N)=O. The van der Waals surface area contributed by atoms with Gasteiger partial charge in [0.15, 0.2) is 0 Å². The molecule has 0 aliphatic heterocycles. The Bertz CT molecular complexity index is 255. The molecule has 0 aliphatic carbocycles. The van der Waals surface area contributed by atoms with E-state index >= 15 is 0 Å². The van der Waals surface area contributed by atoms with Crippen LogP contribution in [-0.2, 0) is 0 Å². The number of nitrogens with zero attached hydrogens (tertiary/aromatic N) is 1. The van der Waals surface area contributed by atoms with E-state index in [1.165, 1.54) is 6.20 Å². The maximum absolute atomic E-state index is 10.7. The summed E-state index contributed by atoms with van der Waals surface area (Å²) in [6.07, 6.45) is 1.40. The highest BCUT2D eigenvalue weighted by molar-refractivity contribution is 5.97. The quantitative estimate of drug-likeness (QED) is 0.570. The smallest absolute Gasteiger partial charge is 0.254 e. The van der Waals surface area contributed by atoms with Gasteiger partial charge in [-0.25, -0.2) is 0 Å². The second-order valence-corrected chi connectivity index (χ2v) is 2.05. The average Bonchev–Trinajstić information content (AvgIpc) is 2.36. The first-order valence-corrected chi connectivity index (χ1v) is 3.32. The molecule has 1 heterocycles. The van der Waals surface area contributed by atoms with Gasteiger partial charge in [0.2, 0.25) is 0 Å². The Balaban J connectivity index is 2.87. The second kappa shape index (κ2) is 3.05. The Morgan fingerprint density at radius 1 is 1.91 bits per heavy atom. The van der Waals surface area contributed by atoms with E-state index in [2.05, 4.69) is 15.5 Å². The number of nitrogens with two attached hydrogens (primary N) is 1. The lowest BCUT2D eigenvalue weighted by Gasteiger charge is -1.99. The highest BCUT2D eigenvalue weighted by atomic mass is 16.1. The molecule has 11 heavy (non-hydrogen) atoms. The first kappa shape index (κ1) is 7.59. The van der Waals surface area contributed by atoms with Gasteiger partial charge in [0.25, 0.3) is 5.91 Å². The summed E-state index contributed by atoms with van der Waals surface area (Å²) < 4.78 is 0. The number of H-pyrrole nitrogens is 1. The van der Waals surface area contributed by atoms with Crippen molar-refractivity contribution in [2.45, 2.75) is 6.92 Å². The molecule has 5 heteroatoms. The van der Waals surface area contributed by atoms with E-state index in [1.54, 1.807) is 0 Å². The number of hydrogen-bond acceptors (Lipinski definition) is 3. The van der Waals surface area contributed by atoms with E-state index in [0.29, 0.717) is 11.4 Å². The summed E-state index contributed by atoms with van der Waals surface area (Å²) in [7, 11) is 0. The van der Waals surface area contributed by atoms with Gasteiger partial charge < -0.3 is 11.1 Å². The number of carbonyl (C=O) groups is 1. The molecule has 0 saturated heterocycles. The molecule has 0 spiro atoms. The molecule has 0 fully saturated rings. The van der Waals surface area contributed by atoms with Crippen LogP contribution in [0, 0.1) is 0 Å². The first-order chi connectivity index (χ1) is 5.25. The maximum Gasteiger partial charge on any atom is 0.254 e. The summed E-state index contributed by atoms with van der Waals surface area (Å²) in [5.41, 5.74) is 5.45. The van der Waals surface area contributed by atoms with Crippen LogP contribution in [0.15, 0.2) is 6.20 Å².